The monoisotopic (exact) mass is 501 g/mol. The number of aliphatic imine (C=N–C) groups is 1. The summed E-state index contributed by atoms with van der Waals surface area (Å²) in [4.78, 5) is 4.28. The molecular formula is C21H29FIN3O2. The standard InChI is InChI=1S/C21H28FN3O2.HI/c1-14-6-9-20(27-5)18(10-14)15(2)25-21(23-3)24-12-16-7-8-19(22)17(11-16)13-26-4;/h6-11,15H,12-13H2,1-5H3,(H2,23,24,25);1H. The predicted octanol–water partition coefficient (Wildman–Crippen LogP) is 4.33. The third-order valence-electron chi connectivity index (χ3n) is 4.30. The summed E-state index contributed by atoms with van der Waals surface area (Å²) < 4.78 is 24.2. The molecule has 0 saturated carbocycles. The van der Waals surface area contributed by atoms with Gasteiger partial charge < -0.3 is 20.1 Å². The molecule has 2 N–H and O–H groups in total. The maximum absolute atomic E-state index is 13.7. The Labute approximate surface area is 183 Å². The summed E-state index contributed by atoms with van der Waals surface area (Å²) in [6.07, 6.45) is 0. The lowest BCUT2D eigenvalue weighted by Crippen LogP contribution is -2.38. The first-order valence-electron chi connectivity index (χ1n) is 8.86. The van der Waals surface area contributed by atoms with Crippen molar-refractivity contribution in [2.75, 3.05) is 21.3 Å². The average molecular weight is 501 g/mol. The van der Waals surface area contributed by atoms with Gasteiger partial charge in [0, 0.05) is 31.8 Å². The van der Waals surface area contributed by atoms with Gasteiger partial charge in [-0.05, 0) is 37.6 Å². The van der Waals surface area contributed by atoms with Crippen LogP contribution in [0, 0.1) is 12.7 Å². The van der Waals surface area contributed by atoms with Crippen LogP contribution in [0.15, 0.2) is 41.4 Å². The van der Waals surface area contributed by atoms with Crippen LogP contribution in [0.3, 0.4) is 0 Å². The molecule has 154 valence electrons. The Hall–Kier alpha value is -1.87. The summed E-state index contributed by atoms with van der Waals surface area (Å²) >= 11 is 0. The Bertz CT molecular complexity index is 799. The number of hydrogen-bond donors (Lipinski definition) is 2. The van der Waals surface area contributed by atoms with Crippen molar-refractivity contribution in [2.45, 2.75) is 33.0 Å². The van der Waals surface area contributed by atoms with Crippen molar-refractivity contribution in [1.82, 2.24) is 10.6 Å². The molecular weight excluding hydrogens is 472 g/mol. The van der Waals surface area contributed by atoms with Gasteiger partial charge in [0.2, 0.25) is 0 Å². The summed E-state index contributed by atoms with van der Waals surface area (Å²) in [7, 11) is 4.94. The highest BCUT2D eigenvalue weighted by Crippen LogP contribution is 2.26. The smallest absolute Gasteiger partial charge is 0.191 e. The Balaban J connectivity index is 0.00000392. The molecule has 0 aromatic heterocycles. The summed E-state index contributed by atoms with van der Waals surface area (Å²) in [5, 5.41) is 6.63. The number of guanidine groups is 1. The van der Waals surface area contributed by atoms with Crippen molar-refractivity contribution >= 4 is 29.9 Å². The Morgan fingerprint density at radius 1 is 1.18 bits per heavy atom. The molecule has 0 aliphatic rings. The molecule has 0 aliphatic heterocycles. The number of hydrogen-bond acceptors (Lipinski definition) is 3. The van der Waals surface area contributed by atoms with Crippen LogP contribution in [0.25, 0.3) is 0 Å². The van der Waals surface area contributed by atoms with Crippen molar-refractivity contribution in [3.63, 3.8) is 0 Å². The lowest BCUT2D eigenvalue weighted by molar-refractivity contribution is 0.181. The van der Waals surface area contributed by atoms with E-state index in [2.05, 4.69) is 35.5 Å². The van der Waals surface area contributed by atoms with Crippen molar-refractivity contribution in [2.24, 2.45) is 4.99 Å². The van der Waals surface area contributed by atoms with Crippen LogP contribution < -0.4 is 15.4 Å². The zero-order valence-electron chi connectivity index (χ0n) is 17.0. The Morgan fingerprint density at radius 2 is 1.93 bits per heavy atom. The average Bonchev–Trinajstić information content (AvgIpc) is 2.67. The minimum atomic E-state index is -0.261. The Kier molecular flexibility index (Phi) is 10.2. The van der Waals surface area contributed by atoms with E-state index in [1.807, 2.05) is 12.1 Å². The molecule has 0 saturated heterocycles. The predicted molar refractivity (Wildman–Crippen MR) is 122 cm³/mol. The van der Waals surface area contributed by atoms with E-state index >= 15 is 0 Å². The number of methoxy groups -OCH3 is 2. The largest absolute Gasteiger partial charge is 0.496 e. The van der Waals surface area contributed by atoms with Crippen molar-refractivity contribution < 1.29 is 13.9 Å². The highest BCUT2D eigenvalue weighted by Gasteiger charge is 2.13. The van der Waals surface area contributed by atoms with E-state index in [1.54, 1.807) is 33.4 Å². The lowest BCUT2D eigenvalue weighted by atomic mass is 10.0. The number of nitrogens with one attached hydrogen (secondary N) is 2. The number of ether oxygens (including phenoxy) is 2. The highest BCUT2D eigenvalue weighted by molar-refractivity contribution is 14.0. The summed E-state index contributed by atoms with van der Waals surface area (Å²) in [5.74, 6) is 1.23. The first-order valence-corrected chi connectivity index (χ1v) is 8.86. The summed E-state index contributed by atoms with van der Waals surface area (Å²) in [6, 6.07) is 11.1. The minimum Gasteiger partial charge on any atom is -0.496 e. The number of nitrogens with zero attached hydrogens (tertiary/aromatic N) is 1. The van der Waals surface area contributed by atoms with Crippen LogP contribution in [-0.4, -0.2) is 27.2 Å². The van der Waals surface area contributed by atoms with Gasteiger partial charge in [-0.15, -0.1) is 24.0 Å². The van der Waals surface area contributed by atoms with Crippen molar-refractivity contribution in [3.8, 4) is 5.75 Å². The topological polar surface area (TPSA) is 54.9 Å². The van der Waals surface area contributed by atoms with E-state index in [4.69, 9.17) is 9.47 Å². The van der Waals surface area contributed by atoms with E-state index in [1.165, 1.54) is 11.6 Å². The first-order chi connectivity index (χ1) is 13.0. The molecule has 0 heterocycles. The molecule has 28 heavy (non-hydrogen) atoms. The molecule has 7 heteroatoms. The second-order valence-corrected chi connectivity index (χ2v) is 6.40. The van der Waals surface area contributed by atoms with Gasteiger partial charge in [-0.2, -0.15) is 0 Å². The molecule has 0 spiro atoms. The molecule has 1 unspecified atom stereocenters. The minimum absolute atomic E-state index is 0. The molecule has 0 bridgehead atoms. The SMILES string of the molecule is CN=C(NCc1ccc(F)c(COC)c1)NC(C)c1cc(C)ccc1OC.I. The van der Waals surface area contributed by atoms with Crippen molar-refractivity contribution in [3.05, 3.63) is 64.5 Å². The van der Waals surface area contributed by atoms with Gasteiger partial charge in [0.15, 0.2) is 5.96 Å². The summed E-state index contributed by atoms with van der Waals surface area (Å²) in [6.45, 7) is 4.87. The van der Waals surface area contributed by atoms with Gasteiger partial charge in [0.1, 0.15) is 11.6 Å². The van der Waals surface area contributed by atoms with E-state index in [-0.39, 0.29) is 42.4 Å². The quantitative estimate of drug-likeness (QED) is 0.337. The molecule has 0 aliphatic carbocycles. The zero-order chi connectivity index (χ0) is 19.8. The first kappa shape index (κ1) is 24.2. The van der Waals surface area contributed by atoms with Gasteiger partial charge in [-0.3, -0.25) is 4.99 Å². The van der Waals surface area contributed by atoms with Gasteiger partial charge in [-0.25, -0.2) is 4.39 Å². The fourth-order valence-electron chi connectivity index (χ4n) is 2.86. The third-order valence-corrected chi connectivity index (χ3v) is 4.30. The molecule has 0 radical (unpaired) electrons. The fourth-order valence-corrected chi connectivity index (χ4v) is 2.86. The Morgan fingerprint density at radius 3 is 2.57 bits per heavy atom. The number of benzene rings is 2. The van der Waals surface area contributed by atoms with E-state index in [9.17, 15) is 4.39 Å². The van der Waals surface area contributed by atoms with Gasteiger partial charge in [0.05, 0.1) is 19.8 Å². The van der Waals surface area contributed by atoms with Crippen LogP contribution >= 0.6 is 24.0 Å². The van der Waals surface area contributed by atoms with Gasteiger partial charge in [-0.1, -0.05) is 23.8 Å². The maximum Gasteiger partial charge on any atom is 0.191 e. The van der Waals surface area contributed by atoms with Crippen LogP contribution in [0.2, 0.25) is 0 Å². The summed E-state index contributed by atoms with van der Waals surface area (Å²) in [5.41, 5.74) is 3.72. The van der Waals surface area contributed by atoms with Gasteiger partial charge in [0.25, 0.3) is 0 Å². The molecule has 1 atom stereocenters. The molecule has 0 amide bonds. The van der Waals surface area contributed by atoms with Gasteiger partial charge >= 0.3 is 0 Å². The number of halogens is 2. The lowest BCUT2D eigenvalue weighted by Gasteiger charge is -2.21. The molecule has 2 aromatic carbocycles. The molecule has 2 aromatic rings. The maximum atomic E-state index is 13.7. The van der Waals surface area contributed by atoms with Crippen LogP contribution in [0.5, 0.6) is 5.75 Å². The number of rotatable bonds is 7. The molecule has 0 fully saturated rings. The van der Waals surface area contributed by atoms with Crippen LogP contribution in [0.1, 0.15) is 35.2 Å². The fraction of sp³-hybridized carbons (Fsp3) is 0.381. The number of aryl methyl sites for hydroxylation is 1. The van der Waals surface area contributed by atoms with Crippen molar-refractivity contribution in [1.29, 1.82) is 0 Å². The normalized spacial score (nSPS) is 12.1. The molecule has 2 rings (SSSR count). The van der Waals surface area contributed by atoms with Crippen LogP contribution in [-0.2, 0) is 17.9 Å². The molecule has 5 nitrogen and oxygen atoms in total. The second-order valence-electron chi connectivity index (χ2n) is 6.40. The highest BCUT2D eigenvalue weighted by atomic mass is 127. The third kappa shape index (κ3) is 6.63. The zero-order valence-corrected chi connectivity index (χ0v) is 19.3. The van der Waals surface area contributed by atoms with E-state index < -0.39 is 0 Å². The van der Waals surface area contributed by atoms with E-state index in [0.717, 1.165) is 16.9 Å². The van der Waals surface area contributed by atoms with E-state index in [0.29, 0.717) is 18.1 Å². The second kappa shape index (κ2) is 11.9. The van der Waals surface area contributed by atoms with Crippen LogP contribution in [0.4, 0.5) is 4.39 Å².